The van der Waals surface area contributed by atoms with Crippen LogP contribution in [0.15, 0.2) is 192 Å². The molecule has 0 aliphatic rings. The van der Waals surface area contributed by atoms with Crippen LogP contribution in [0, 0.1) is 0 Å². The van der Waals surface area contributed by atoms with Crippen LogP contribution in [0.4, 0.5) is 0 Å². The molecule has 0 aliphatic carbocycles. The Labute approximate surface area is 327 Å². The molecule has 262 valence electrons. The maximum Gasteiger partial charge on any atom is 0.164 e. The van der Waals surface area contributed by atoms with Crippen molar-refractivity contribution in [3.63, 3.8) is 0 Å². The van der Waals surface area contributed by atoms with Gasteiger partial charge in [-0.2, -0.15) is 0 Å². The Morgan fingerprint density at radius 1 is 0.339 bits per heavy atom. The number of thiophene rings is 1. The first-order valence-electron chi connectivity index (χ1n) is 18.7. The van der Waals surface area contributed by atoms with Crippen molar-refractivity contribution in [2.75, 3.05) is 0 Å². The van der Waals surface area contributed by atoms with Crippen molar-refractivity contribution in [1.82, 2.24) is 15.0 Å². The summed E-state index contributed by atoms with van der Waals surface area (Å²) < 4.78 is 9.12. The molecular weight excluding hydrogens is 703 g/mol. The number of hydrogen-bond donors (Lipinski definition) is 0. The van der Waals surface area contributed by atoms with Crippen molar-refractivity contribution in [2.24, 2.45) is 0 Å². The second kappa shape index (κ2) is 13.3. The smallest absolute Gasteiger partial charge is 0.164 e. The molecule has 0 fully saturated rings. The molecule has 11 rings (SSSR count). The largest absolute Gasteiger partial charge is 0.456 e. The molecule has 3 aromatic heterocycles. The SMILES string of the molecule is c1ccc(-c2nc(-c3ccccc3)nc(-c3cccc(-c4cccc5oc6ccc(-c7cccc(-c8cccc9c8sc8ccccc89)c7)cc6c45)c3)n2)cc1. The van der Waals surface area contributed by atoms with E-state index in [1.54, 1.807) is 0 Å². The van der Waals surface area contributed by atoms with Gasteiger partial charge in [0, 0.05) is 47.6 Å². The molecule has 0 unspecified atom stereocenters. The summed E-state index contributed by atoms with van der Waals surface area (Å²) in [6, 6.07) is 65.7. The summed E-state index contributed by atoms with van der Waals surface area (Å²) in [7, 11) is 0. The summed E-state index contributed by atoms with van der Waals surface area (Å²) in [6.45, 7) is 0. The average molecular weight is 734 g/mol. The molecule has 0 atom stereocenters. The highest BCUT2D eigenvalue weighted by molar-refractivity contribution is 7.26. The molecule has 0 radical (unpaired) electrons. The van der Waals surface area contributed by atoms with Crippen molar-refractivity contribution >= 4 is 53.4 Å². The molecule has 11 aromatic rings. The zero-order valence-corrected chi connectivity index (χ0v) is 30.9. The molecule has 5 heteroatoms. The predicted molar refractivity (Wildman–Crippen MR) is 233 cm³/mol. The highest BCUT2D eigenvalue weighted by Gasteiger charge is 2.17. The van der Waals surface area contributed by atoms with E-state index in [0.29, 0.717) is 17.5 Å². The average Bonchev–Trinajstić information content (AvgIpc) is 3.85. The number of furan rings is 1. The zero-order chi connectivity index (χ0) is 37.0. The van der Waals surface area contributed by atoms with E-state index in [0.717, 1.165) is 60.9 Å². The van der Waals surface area contributed by atoms with Gasteiger partial charge >= 0.3 is 0 Å². The number of hydrogen-bond acceptors (Lipinski definition) is 5. The molecule has 0 N–H and O–H groups in total. The normalized spacial score (nSPS) is 11.6. The van der Waals surface area contributed by atoms with Crippen LogP contribution in [-0.2, 0) is 0 Å². The van der Waals surface area contributed by atoms with Crippen LogP contribution < -0.4 is 0 Å². The third-order valence-corrected chi connectivity index (χ3v) is 11.8. The quantitative estimate of drug-likeness (QED) is 0.171. The summed E-state index contributed by atoms with van der Waals surface area (Å²) in [4.78, 5) is 14.9. The third kappa shape index (κ3) is 5.56. The summed E-state index contributed by atoms with van der Waals surface area (Å²) in [5, 5.41) is 4.78. The van der Waals surface area contributed by atoms with Crippen molar-refractivity contribution in [3.8, 4) is 67.5 Å². The lowest BCUT2D eigenvalue weighted by atomic mass is 9.95. The lowest BCUT2D eigenvalue weighted by Gasteiger charge is -2.10. The van der Waals surface area contributed by atoms with Crippen LogP contribution in [0.3, 0.4) is 0 Å². The lowest BCUT2D eigenvalue weighted by molar-refractivity contribution is 0.669. The Balaban J connectivity index is 1.02. The van der Waals surface area contributed by atoms with E-state index in [1.807, 2.05) is 72.0 Å². The molecule has 4 nitrogen and oxygen atoms in total. The molecule has 0 saturated carbocycles. The van der Waals surface area contributed by atoms with Crippen molar-refractivity contribution in [3.05, 3.63) is 188 Å². The molecule has 0 aliphatic heterocycles. The minimum atomic E-state index is 0.622. The van der Waals surface area contributed by atoms with Crippen molar-refractivity contribution in [1.29, 1.82) is 0 Å². The van der Waals surface area contributed by atoms with Crippen molar-refractivity contribution < 1.29 is 4.42 Å². The number of benzene rings is 8. The van der Waals surface area contributed by atoms with Gasteiger partial charge in [-0.05, 0) is 69.8 Å². The number of aromatic nitrogens is 3. The van der Waals surface area contributed by atoms with E-state index in [2.05, 4.69) is 127 Å². The van der Waals surface area contributed by atoms with Gasteiger partial charge in [0.25, 0.3) is 0 Å². The van der Waals surface area contributed by atoms with Gasteiger partial charge in [0.05, 0.1) is 0 Å². The van der Waals surface area contributed by atoms with Crippen LogP contribution in [0.2, 0.25) is 0 Å². The summed E-state index contributed by atoms with van der Waals surface area (Å²) in [5.41, 5.74) is 11.4. The van der Waals surface area contributed by atoms with Crippen molar-refractivity contribution in [2.45, 2.75) is 0 Å². The van der Waals surface area contributed by atoms with Crippen LogP contribution in [0.25, 0.3) is 110 Å². The van der Waals surface area contributed by atoms with E-state index in [4.69, 9.17) is 19.4 Å². The molecule has 56 heavy (non-hydrogen) atoms. The van der Waals surface area contributed by atoms with Crippen LogP contribution in [0.1, 0.15) is 0 Å². The predicted octanol–water partition coefficient (Wildman–Crippen LogP) is 14.1. The van der Waals surface area contributed by atoms with E-state index in [-0.39, 0.29) is 0 Å². The molecule has 3 heterocycles. The van der Waals surface area contributed by atoms with Crippen LogP contribution in [0.5, 0.6) is 0 Å². The first-order valence-corrected chi connectivity index (χ1v) is 19.5. The first kappa shape index (κ1) is 32.2. The Bertz CT molecular complexity index is 3200. The summed E-state index contributed by atoms with van der Waals surface area (Å²) >= 11 is 1.86. The van der Waals surface area contributed by atoms with Gasteiger partial charge < -0.3 is 4.42 Å². The molecule has 8 aromatic carbocycles. The standard InChI is InChI=1S/C51H31N3OS/c1-3-13-32(14-4-1)49-52-50(33-15-5-2-6-16-33)54-51(53-49)38-20-10-18-36(30-38)39-22-12-25-45-47(39)43-31-35(27-28-44(43)55-45)34-17-9-19-37(29-34)40-23-11-24-42-41-21-7-8-26-46(41)56-48(40)42/h1-31H. The van der Waals surface area contributed by atoms with Gasteiger partial charge in [-0.15, -0.1) is 11.3 Å². The Hall–Kier alpha value is -7.21. The maximum atomic E-state index is 6.49. The summed E-state index contributed by atoms with van der Waals surface area (Å²) in [5.74, 6) is 1.90. The van der Waals surface area contributed by atoms with E-state index in [9.17, 15) is 0 Å². The lowest BCUT2D eigenvalue weighted by Crippen LogP contribution is -2.00. The molecule has 0 spiro atoms. The van der Waals surface area contributed by atoms with E-state index >= 15 is 0 Å². The minimum Gasteiger partial charge on any atom is -0.456 e. The first-order chi connectivity index (χ1) is 27.7. The molecule has 0 amide bonds. The van der Waals surface area contributed by atoms with E-state index < -0.39 is 0 Å². The Morgan fingerprint density at radius 3 is 1.64 bits per heavy atom. The second-order valence-corrected chi connectivity index (χ2v) is 15.0. The van der Waals surface area contributed by atoms with Gasteiger partial charge in [-0.1, -0.05) is 152 Å². The number of nitrogens with zero attached hydrogens (tertiary/aromatic N) is 3. The maximum absolute atomic E-state index is 6.49. The minimum absolute atomic E-state index is 0.622. The second-order valence-electron chi connectivity index (χ2n) is 14.0. The number of fused-ring (bicyclic) bond motifs is 6. The fourth-order valence-corrected chi connectivity index (χ4v) is 9.09. The van der Waals surface area contributed by atoms with Gasteiger partial charge in [0.15, 0.2) is 17.5 Å². The van der Waals surface area contributed by atoms with Gasteiger partial charge in [-0.3, -0.25) is 0 Å². The van der Waals surface area contributed by atoms with Gasteiger partial charge in [-0.25, -0.2) is 15.0 Å². The van der Waals surface area contributed by atoms with Gasteiger partial charge in [0.2, 0.25) is 0 Å². The highest BCUT2D eigenvalue weighted by Crippen LogP contribution is 2.42. The number of rotatable bonds is 6. The zero-order valence-electron chi connectivity index (χ0n) is 30.1. The highest BCUT2D eigenvalue weighted by atomic mass is 32.1. The molecule has 0 bridgehead atoms. The monoisotopic (exact) mass is 733 g/mol. The van der Waals surface area contributed by atoms with Crippen LogP contribution in [-0.4, -0.2) is 15.0 Å². The summed E-state index contributed by atoms with van der Waals surface area (Å²) in [6.07, 6.45) is 0. The fourth-order valence-electron chi connectivity index (χ4n) is 7.85. The molecule has 0 saturated heterocycles. The van der Waals surface area contributed by atoms with Gasteiger partial charge in [0.1, 0.15) is 11.2 Å². The Kier molecular flexibility index (Phi) is 7.64. The van der Waals surface area contributed by atoms with E-state index in [1.165, 1.54) is 31.3 Å². The topological polar surface area (TPSA) is 51.8 Å². The fraction of sp³-hybridized carbons (Fsp3) is 0. The Morgan fingerprint density at radius 2 is 0.875 bits per heavy atom. The van der Waals surface area contributed by atoms with Crippen LogP contribution >= 0.6 is 11.3 Å². The molecular formula is C51H31N3OS. The third-order valence-electron chi connectivity index (χ3n) is 10.5.